The molecule has 0 aliphatic carbocycles. The summed E-state index contributed by atoms with van der Waals surface area (Å²) >= 11 is 0. The first-order valence-electron chi connectivity index (χ1n) is 9.77. The first kappa shape index (κ1) is 21.0. The van der Waals surface area contributed by atoms with Gasteiger partial charge in [-0.25, -0.2) is 4.99 Å². The van der Waals surface area contributed by atoms with E-state index < -0.39 is 0 Å². The van der Waals surface area contributed by atoms with E-state index in [1.807, 2.05) is 18.5 Å². The lowest BCUT2D eigenvalue weighted by Gasteiger charge is -2.32. The van der Waals surface area contributed by atoms with Crippen molar-refractivity contribution < 1.29 is 4.74 Å². The molecule has 2 aromatic rings. The number of halogens is 1. The Labute approximate surface area is 183 Å². The van der Waals surface area contributed by atoms with Crippen molar-refractivity contribution >= 4 is 29.9 Å². The lowest BCUT2D eigenvalue weighted by molar-refractivity contribution is 0.113. The van der Waals surface area contributed by atoms with E-state index in [2.05, 4.69) is 44.7 Å². The number of aryl methyl sites for hydroxylation is 1. The van der Waals surface area contributed by atoms with Crippen molar-refractivity contribution in [1.82, 2.24) is 25.0 Å². The van der Waals surface area contributed by atoms with Crippen LogP contribution in [0.2, 0.25) is 0 Å². The van der Waals surface area contributed by atoms with Crippen LogP contribution < -0.4 is 5.32 Å². The van der Waals surface area contributed by atoms with Crippen molar-refractivity contribution in [2.75, 3.05) is 19.7 Å². The number of fused-ring (bicyclic) bond motifs is 1. The summed E-state index contributed by atoms with van der Waals surface area (Å²) in [5, 5.41) is 11.9. The smallest absolute Gasteiger partial charge is 0.194 e. The molecule has 2 aliphatic heterocycles. The molecule has 1 N–H and O–H groups in total. The molecule has 8 heteroatoms. The Morgan fingerprint density at radius 1 is 1.29 bits per heavy atom. The van der Waals surface area contributed by atoms with Gasteiger partial charge in [0.25, 0.3) is 0 Å². The van der Waals surface area contributed by atoms with Gasteiger partial charge in [-0.05, 0) is 37.3 Å². The molecule has 0 amide bonds. The highest BCUT2D eigenvalue weighted by atomic mass is 127. The van der Waals surface area contributed by atoms with Crippen molar-refractivity contribution in [3.05, 3.63) is 47.0 Å². The molecule has 0 spiro atoms. The largest absolute Gasteiger partial charge is 0.376 e. The number of hydrogen-bond acceptors (Lipinski definition) is 4. The second-order valence-corrected chi connectivity index (χ2v) is 7.32. The van der Waals surface area contributed by atoms with Gasteiger partial charge in [-0.1, -0.05) is 24.3 Å². The quantitative estimate of drug-likeness (QED) is 0.400. The predicted molar refractivity (Wildman–Crippen MR) is 120 cm³/mol. The third kappa shape index (κ3) is 4.83. The van der Waals surface area contributed by atoms with Gasteiger partial charge in [0.05, 0.1) is 6.10 Å². The summed E-state index contributed by atoms with van der Waals surface area (Å²) in [6.07, 6.45) is 3.59. The number of benzene rings is 1. The maximum Gasteiger partial charge on any atom is 0.194 e. The molecule has 1 atom stereocenters. The number of guanidine groups is 1. The van der Waals surface area contributed by atoms with Gasteiger partial charge in [0.1, 0.15) is 12.4 Å². The number of rotatable bonds is 4. The average Bonchev–Trinajstić information content (AvgIpc) is 3.33. The van der Waals surface area contributed by atoms with Gasteiger partial charge in [-0.15, -0.1) is 34.2 Å². The van der Waals surface area contributed by atoms with Crippen molar-refractivity contribution in [2.45, 2.75) is 45.4 Å². The highest BCUT2D eigenvalue weighted by molar-refractivity contribution is 14.0. The summed E-state index contributed by atoms with van der Waals surface area (Å²) in [4.78, 5) is 7.21. The molecule has 7 nitrogen and oxygen atoms in total. The average molecular weight is 496 g/mol. The van der Waals surface area contributed by atoms with Crippen molar-refractivity contribution in [2.24, 2.45) is 12.0 Å². The Morgan fingerprint density at radius 2 is 2.11 bits per heavy atom. The molecule has 3 heterocycles. The zero-order chi connectivity index (χ0) is 18.6. The van der Waals surface area contributed by atoms with Crippen LogP contribution in [0.4, 0.5) is 0 Å². The lowest BCUT2D eigenvalue weighted by Crippen LogP contribution is -2.46. The standard InChI is InChI=1S/C20H28N6O.HI/c1-15-23-24-19(25(15)2)13-22-20(21-12-18-8-5-11-27-18)26-10-9-16-6-3-4-7-17(16)14-26;/h3-4,6-7,18H,5,8-14H2,1-2H3,(H,21,22);1H. The van der Waals surface area contributed by atoms with Crippen molar-refractivity contribution in [3.63, 3.8) is 0 Å². The van der Waals surface area contributed by atoms with Crippen LogP contribution in [0.5, 0.6) is 0 Å². The Morgan fingerprint density at radius 3 is 2.82 bits per heavy atom. The van der Waals surface area contributed by atoms with Crippen LogP contribution in [0.15, 0.2) is 29.3 Å². The maximum absolute atomic E-state index is 5.77. The zero-order valence-corrected chi connectivity index (χ0v) is 18.9. The van der Waals surface area contributed by atoms with Gasteiger partial charge < -0.3 is 19.5 Å². The van der Waals surface area contributed by atoms with Crippen LogP contribution in [0.3, 0.4) is 0 Å². The number of nitrogens with zero attached hydrogens (tertiary/aromatic N) is 5. The first-order valence-corrected chi connectivity index (χ1v) is 9.77. The Kier molecular flexibility index (Phi) is 7.28. The molecule has 0 bridgehead atoms. The Bertz CT molecular complexity index is 815. The van der Waals surface area contributed by atoms with Crippen LogP contribution >= 0.6 is 24.0 Å². The van der Waals surface area contributed by atoms with E-state index in [1.165, 1.54) is 11.1 Å². The molecule has 1 unspecified atom stereocenters. The highest BCUT2D eigenvalue weighted by Gasteiger charge is 2.21. The number of ether oxygens (including phenoxy) is 1. The van der Waals surface area contributed by atoms with Gasteiger partial charge in [-0.2, -0.15) is 0 Å². The van der Waals surface area contributed by atoms with E-state index in [-0.39, 0.29) is 30.1 Å². The minimum atomic E-state index is 0. The van der Waals surface area contributed by atoms with E-state index in [4.69, 9.17) is 9.73 Å². The van der Waals surface area contributed by atoms with Gasteiger partial charge in [0.15, 0.2) is 11.8 Å². The SMILES string of the molecule is Cc1nnc(CN=C(NCC2CCCO2)N2CCc3ccccc3C2)n1C.I. The van der Waals surface area contributed by atoms with Gasteiger partial charge in [0.2, 0.25) is 0 Å². The van der Waals surface area contributed by atoms with E-state index in [0.29, 0.717) is 6.54 Å². The van der Waals surface area contributed by atoms with Crippen LogP contribution in [0.25, 0.3) is 0 Å². The van der Waals surface area contributed by atoms with E-state index in [9.17, 15) is 0 Å². The molecule has 4 rings (SSSR count). The third-order valence-electron chi connectivity index (χ3n) is 5.50. The molecular formula is C20H29IN6O. The van der Waals surface area contributed by atoms with Gasteiger partial charge in [0, 0.05) is 33.3 Å². The molecule has 0 radical (unpaired) electrons. The molecule has 0 saturated carbocycles. The summed E-state index contributed by atoms with van der Waals surface area (Å²) in [6, 6.07) is 8.67. The van der Waals surface area contributed by atoms with Crippen molar-refractivity contribution in [3.8, 4) is 0 Å². The number of aliphatic imine (C=N–C) groups is 1. The van der Waals surface area contributed by atoms with Crippen LogP contribution in [-0.2, 0) is 31.3 Å². The Balaban J connectivity index is 0.00000225. The minimum absolute atomic E-state index is 0. The normalized spacial score (nSPS) is 19.3. The molecule has 1 saturated heterocycles. The predicted octanol–water partition coefficient (Wildman–Crippen LogP) is 2.42. The summed E-state index contributed by atoms with van der Waals surface area (Å²) in [7, 11) is 1.98. The molecule has 1 aromatic heterocycles. The summed E-state index contributed by atoms with van der Waals surface area (Å²) in [5.41, 5.74) is 2.82. The molecule has 2 aliphatic rings. The second kappa shape index (κ2) is 9.69. The fraction of sp³-hybridized carbons (Fsp3) is 0.550. The second-order valence-electron chi connectivity index (χ2n) is 7.32. The molecular weight excluding hydrogens is 467 g/mol. The Hall–Kier alpha value is -1.68. The van der Waals surface area contributed by atoms with E-state index in [1.54, 1.807) is 0 Å². The molecule has 28 heavy (non-hydrogen) atoms. The number of hydrogen-bond donors (Lipinski definition) is 1. The number of aromatic nitrogens is 3. The molecule has 1 aromatic carbocycles. The summed E-state index contributed by atoms with van der Waals surface area (Å²) in [5.74, 6) is 2.71. The summed E-state index contributed by atoms with van der Waals surface area (Å²) < 4.78 is 7.76. The number of nitrogens with one attached hydrogen (secondary N) is 1. The zero-order valence-electron chi connectivity index (χ0n) is 16.6. The highest BCUT2D eigenvalue weighted by Crippen LogP contribution is 2.19. The minimum Gasteiger partial charge on any atom is -0.376 e. The lowest BCUT2D eigenvalue weighted by atomic mass is 10.0. The third-order valence-corrected chi connectivity index (χ3v) is 5.50. The van der Waals surface area contributed by atoms with Gasteiger partial charge in [-0.3, -0.25) is 0 Å². The van der Waals surface area contributed by atoms with Crippen LogP contribution in [0, 0.1) is 6.92 Å². The maximum atomic E-state index is 5.77. The fourth-order valence-corrected chi connectivity index (χ4v) is 3.69. The topological polar surface area (TPSA) is 67.6 Å². The molecule has 152 valence electrons. The molecule has 1 fully saturated rings. The summed E-state index contributed by atoms with van der Waals surface area (Å²) in [6.45, 7) is 5.99. The monoisotopic (exact) mass is 496 g/mol. The van der Waals surface area contributed by atoms with E-state index >= 15 is 0 Å². The first-order chi connectivity index (χ1) is 13.2. The fourth-order valence-electron chi connectivity index (χ4n) is 3.69. The van der Waals surface area contributed by atoms with Gasteiger partial charge >= 0.3 is 0 Å². The van der Waals surface area contributed by atoms with Crippen molar-refractivity contribution in [1.29, 1.82) is 0 Å². The van der Waals surface area contributed by atoms with Crippen LogP contribution in [0.1, 0.15) is 35.6 Å². The van der Waals surface area contributed by atoms with Crippen LogP contribution in [-0.4, -0.2) is 51.4 Å². The van der Waals surface area contributed by atoms with E-state index in [0.717, 1.165) is 63.1 Å².